The number of hydrogen-bond acceptors (Lipinski definition) is 7. The van der Waals surface area contributed by atoms with Crippen molar-refractivity contribution in [1.29, 1.82) is 0 Å². The van der Waals surface area contributed by atoms with Gasteiger partial charge < -0.3 is 20.4 Å². The van der Waals surface area contributed by atoms with Crippen LogP contribution in [0.15, 0.2) is 53.0 Å². The zero-order chi connectivity index (χ0) is 29.7. The molecule has 7 nitrogen and oxygen atoms in total. The van der Waals surface area contributed by atoms with E-state index in [-0.39, 0.29) is 29.5 Å². The van der Waals surface area contributed by atoms with Gasteiger partial charge in [0.15, 0.2) is 28.8 Å². The molecule has 0 aliphatic heterocycles. The first kappa shape index (κ1) is 27.7. The fourth-order valence-corrected chi connectivity index (χ4v) is 7.67. The molecule has 210 valence electrons. The van der Waals surface area contributed by atoms with Crippen LogP contribution < -0.4 is 0 Å². The Morgan fingerprint density at radius 3 is 2.25 bits per heavy atom. The van der Waals surface area contributed by atoms with Crippen molar-refractivity contribution in [2.24, 2.45) is 22.7 Å². The molecule has 3 aliphatic rings. The van der Waals surface area contributed by atoms with Crippen LogP contribution in [0.25, 0.3) is 11.1 Å². The number of hydrogen-bond donors (Lipinski definition) is 4. The van der Waals surface area contributed by atoms with E-state index in [2.05, 4.69) is 0 Å². The van der Waals surface area contributed by atoms with Gasteiger partial charge in [-0.15, -0.1) is 0 Å². The number of carbonyl (C=O) groups excluding carboxylic acids is 3. The van der Waals surface area contributed by atoms with E-state index in [4.69, 9.17) is 0 Å². The predicted molar refractivity (Wildman–Crippen MR) is 141 cm³/mol. The van der Waals surface area contributed by atoms with Crippen LogP contribution in [0.5, 0.6) is 5.75 Å². The molecule has 40 heavy (non-hydrogen) atoms. The van der Waals surface area contributed by atoms with E-state index < -0.39 is 80.1 Å². The second-order valence-corrected chi connectivity index (χ2v) is 12.1. The summed E-state index contributed by atoms with van der Waals surface area (Å²) in [5, 5.41) is 45.7. The monoisotopic (exact) mass is 552 g/mol. The maximum absolute atomic E-state index is 14.2. The highest BCUT2D eigenvalue weighted by Crippen LogP contribution is 2.65. The summed E-state index contributed by atoms with van der Waals surface area (Å²) in [6, 6.07) is 6.01. The number of rotatable bonds is 3. The molecule has 0 bridgehead atoms. The van der Waals surface area contributed by atoms with Crippen molar-refractivity contribution in [3.05, 3.63) is 75.8 Å². The Morgan fingerprint density at radius 2 is 1.68 bits per heavy atom. The molecule has 0 aromatic heterocycles. The Balaban J connectivity index is 1.81. The Morgan fingerprint density at radius 1 is 1.02 bits per heavy atom. The Hall–Kier alpha value is -3.85. The van der Waals surface area contributed by atoms with Crippen LogP contribution in [0.1, 0.15) is 57.0 Å². The van der Waals surface area contributed by atoms with Crippen molar-refractivity contribution in [1.82, 2.24) is 0 Å². The smallest absolute Gasteiger partial charge is 0.209 e. The van der Waals surface area contributed by atoms with Gasteiger partial charge in [0.1, 0.15) is 22.8 Å². The van der Waals surface area contributed by atoms with E-state index in [0.29, 0.717) is 11.1 Å². The first-order valence-corrected chi connectivity index (χ1v) is 13.0. The molecule has 5 rings (SSSR count). The fourth-order valence-electron chi connectivity index (χ4n) is 7.67. The molecular formula is C31H30F2O7. The minimum absolute atomic E-state index is 0.0188. The molecule has 0 radical (unpaired) electrons. The van der Waals surface area contributed by atoms with E-state index in [9.17, 15) is 43.6 Å². The standard InChI is InChI=1S/C31H30F2O7/c1-13(2)23-25(36)21(14(3)34)27(38)31(40)28(39)24-26(37)22-17(11-29(24,4)12-30(23,31)5)16(7-9-20(22)35)15-6-8-18(32)19(33)10-15/h6-10,13,23,35-36,39-40H,11-12H2,1-5H3/t23?,29-,30-,31+/m1/s1. The molecule has 0 fully saturated rings. The molecule has 0 spiro atoms. The lowest BCUT2D eigenvalue weighted by atomic mass is 9.44. The number of halogens is 2. The van der Waals surface area contributed by atoms with Gasteiger partial charge >= 0.3 is 0 Å². The third kappa shape index (κ3) is 3.33. The van der Waals surface area contributed by atoms with E-state index >= 15 is 0 Å². The molecule has 0 amide bonds. The average molecular weight is 553 g/mol. The maximum atomic E-state index is 14.2. The number of aliphatic hydroxyl groups is 3. The van der Waals surface area contributed by atoms with Gasteiger partial charge in [0, 0.05) is 22.3 Å². The number of phenolic OH excluding ortho intramolecular Hbond substituents is 1. The number of benzene rings is 2. The van der Waals surface area contributed by atoms with Crippen LogP contribution in [-0.2, 0) is 16.0 Å². The van der Waals surface area contributed by atoms with Crippen LogP contribution in [0.2, 0.25) is 0 Å². The first-order valence-electron chi connectivity index (χ1n) is 13.0. The molecule has 2 aromatic rings. The Kier molecular flexibility index (Phi) is 5.94. The molecule has 4 atom stereocenters. The summed E-state index contributed by atoms with van der Waals surface area (Å²) in [6.45, 7) is 7.79. The fraction of sp³-hybridized carbons (Fsp3) is 0.387. The zero-order valence-corrected chi connectivity index (χ0v) is 22.7. The van der Waals surface area contributed by atoms with Gasteiger partial charge in [-0.05, 0) is 60.6 Å². The molecule has 3 aliphatic carbocycles. The predicted octanol–water partition coefficient (Wildman–Crippen LogP) is 5.29. The number of ketones is 3. The van der Waals surface area contributed by atoms with Gasteiger partial charge in [-0.2, -0.15) is 0 Å². The summed E-state index contributed by atoms with van der Waals surface area (Å²) in [5.74, 6) is -8.11. The van der Waals surface area contributed by atoms with Crippen LogP contribution in [0.4, 0.5) is 8.78 Å². The second-order valence-electron chi connectivity index (χ2n) is 12.1. The van der Waals surface area contributed by atoms with Gasteiger partial charge in [0.2, 0.25) is 5.78 Å². The highest BCUT2D eigenvalue weighted by Gasteiger charge is 2.71. The number of Topliss-reactive ketones (excluding diaryl/α,β-unsaturated/α-hetero) is 3. The first-order chi connectivity index (χ1) is 18.5. The summed E-state index contributed by atoms with van der Waals surface area (Å²) in [5.41, 5.74) is -5.62. The van der Waals surface area contributed by atoms with Gasteiger partial charge in [-0.1, -0.05) is 39.8 Å². The largest absolute Gasteiger partial charge is 0.511 e. The van der Waals surface area contributed by atoms with Crippen molar-refractivity contribution in [3.8, 4) is 16.9 Å². The van der Waals surface area contributed by atoms with Crippen molar-refractivity contribution in [3.63, 3.8) is 0 Å². The normalized spacial score (nSPS) is 29.9. The average Bonchev–Trinajstić information content (AvgIpc) is 2.83. The maximum Gasteiger partial charge on any atom is 0.209 e. The summed E-state index contributed by atoms with van der Waals surface area (Å²) < 4.78 is 27.8. The third-order valence-electron chi connectivity index (χ3n) is 9.12. The quantitative estimate of drug-likeness (QED) is 0.380. The zero-order valence-electron chi connectivity index (χ0n) is 22.7. The molecule has 0 saturated heterocycles. The minimum Gasteiger partial charge on any atom is -0.511 e. The molecule has 2 aromatic carbocycles. The highest BCUT2D eigenvalue weighted by atomic mass is 19.2. The van der Waals surface area contributed by atoms with Crippen molar-refractivity contribution in [2.45, 2.75) is 53.1 Å². The molecule has 1 unspecified atom stereocenters. The summed E-state index contributed by atoms with van der Waals surface area (Å²) in [6.07, 6.45) is -0.0529. The number of aliphatic hydroxyl groups excluding tert-OH is 2. The summed E-state index contributed by atoms with van der Waals surface area (Å²) in [4.78, 5) is 40.2. The van der Waals surface area contributed by atoms with E-state index in [1.165, 1.54) is 18.2 Å². The number of phenols is 1. The van der Waals surface area contributed by atoms with E-state index in [0.717, 1.165) is 19.1 Å². The van der Waals surface area contributed by atoms with Gasteiger partial charge in [0.05, 0.1) is 5.56 Å². The second kappa shape index (κ2) is 8.57. The minimum atomic E-state index is -2.70. The number of aromatic hydroxyl groups is 1. The SMILES string of the molecule is CC(=O)C1=C(O)C(C(C)C)[C@@]2(C)C[C@@]3(C)Cc4c(-c5ccc(F)c(F)c5)ccc(O)c4C(=O)C3=C(O)[C@@]2(O)C1=O. The molecule has 0 heterocycles. The van der Waals surface area contributed by atoms with Crippen molar-refractivity contribution in [2.75, 3.05) is 0 Å². The molecule has 0 saturated carbocycles. The molecule has 9 heteroatoms. The number of fused-ring (bicyclic) bond motifs is 3. The lowest BCUT2D eigenvalue weighted by Crippen LogP contribution is -2.67. The van der Waals surface area contributed by atoms with Crippen LogP contribution in [-0.4, -0.2) is 43.4 Å². The van der Waals surface area contributed by atoms with Crippen LogP contribution in [0.3, 0.4) is 0 Å². The lowest BCUT2D eigenvalue weighted by molar-refractivity contribution is -0.171. The van der Waals surface area contributed by atoms with Crippen molar-refractivity contribution >= 4 is 17.3 Å². The Labute approximate surface area is 229 Å². The summed E-state index contributed by atoms with van der Waals surface area (Å²) in [7, 11) is 0. The third-order valence-corrected chi connectivity index (χ3v) is 9.12. The van der Waals surface area contributed by atoms with Gasteiger partial charge in [-0.25, -0.2) is 8.78 Å². The van der Waals surface area contributed by atoms with Crippen LogP contribution in [0, 0.1) is 34.3 Å². The summed E-state index contributed by atoms with van der Waals surface area (Å²) >= 11 is 0. The van der Waals surface area contributed by atoms with Gasteiger partial charge in [0.25, 0.3) is 0 Å². The number of allylic oxidation sites excluding steroid dienone is 2. The van der Waals surface area contributed by atoms with E-state index in [1.54, 1.807) is 27.7 Å². The molecular weight excluding hydrogens is 522 g/mol. The lowest BCUT2D eigenvalue weighted by Gasteiger charge is -2.59. The van der Waals surface area contributed by atoms with E-state index in [1.807, 2.05) is 0 Å². The Bertz CT molecular complexity index is 1600. The van der Waals surface area contributed by atoms with Crippen LogP contribution >= 0.6 is 0 Å². The number of carbonyl (C=O) groups is 3. The van der Waals surface area contributed by atoms with Crippen molar-refractivity contribution < 1.29 is 43.6 Å². The highest BCUT2D eigenvalue weighted by molar-refractivity contribution is 6.25. The molecule has 4 N–H and O–H groups in total. The topological polar surface area (TPSA) is 132 Å². The van der Waals surface area contributed by atoms with Gasteiger partial charge in [-0.3, -0.25) is 14.4 Å².